The number of ether oxygens (including phenoxy) is 1. The summed E-state index contributed by atoms with van der Waals surface area (Å²) in [6, 6.07) is 4.44. The fourth-order valence-electron chi connectivity index (χ4n) is 2.98. The molecule has 27 heavy (non-hydrogen) atoms. The van der Waals surface area contributed by atoms with Gasteiger partial charge >= 0.3 is 0 Å². The van der Waals surface area contributed by atoms with Crippen LogP contribution < -0.4 is 10.1 Å². The Morgan fingerprint density at radius 1 is 1.37 bits per heavy atom. The lowest BCUT2D eigenvalue weighted by Gasteiger charge is -2.36. The zero-order chi connectivity index (χ0) is 20.2. The van der Waals surface area contributed by atoms with E-state index in [0.29, 0.717) is 12.3 Å². The molecule has 3 atom stereocenters. The third-order valence-corrected chi connectivity index (χ3v) is 6.60. The molecule has 0 aromatic heterocycles. The molecule has 150 valence electrons. The third kappa shape index (κ3) is 5.02. The number of aliphatic hydroxyl groups is 1. The molecular weight excluding hydrogens is 364 g/mol. The van der Waals surface area contributed by atoms with Gasteiger partial charge in [-0.2, -0.15) is 4.31 Å². The maximum absolute atomic E-state index is 13.2. The van der Waals surface area contributed by atoms with Crippen LogP contribution in [0.1, 0.15) is 33.3 Å². The highest BCUT2D eigenvalue weighted by molar-refractivity contribution is 7.89. The Kier molecular flexibility index (Phi) is 7.29. The SMILES string of the molecule is CNC[C@H]1Oc2cc(C#CC(C)C)ccc2S(=O)(=O)N([C@@H](C)CO)C[C@H]1C. The van der Waals surface area contributed by atoms with Gasteiger partial charge in [0.05, 0.1) is 6.61 Å². The summed E-state index contributed by atoms with van der Waals surface area (Å²) >= 11 is 0. The first-order valence-electron chi connectivity index (χ1n) is 9.30. The molecule has 0 aliphatic carbocycles. The zero-order valence-corrected chi connectivity index (χ0v) is 17.5. The van der Waals surface area contributed by atoms with E-state index in [4.69, 9.17) is 4.74 Å². The summed E-state index contributed by atoms with van der Waals surface area (Å²) in [7, 11) is -1.96. The predicted octanol–water partition coefficient (Wildman–Crippen LogP) is 1.68. The number of nitrogens with one attached hydrogen (secondary N) is 1. The normalized spacial score (nSPS) is 23.4. The van der Waals surface area contributed by atoms with Gasteiger partial charge in [-0.15, -0.1) is 0 Å². The summed E-state index contributed by atoms with van der Waals surface area (Å²) < 4.78 is 34.0. The van der Waals surface area contributed by atoms with E-state index in [-0.39, 0.29) is 36.0 Å². The predicted molar refractivity (Wildman–Crippen MR) is 106 cm³/mol. The lowest BCUT2D eigenvalue weighted by atomic mass is 10.0. The first-order chi connectivity index (χ1) is 12.7. The quantitative estimate of drug-likeness (QED) is 0.760. The van der Waals surface area contributed by atoms with Gasteiger partial charge in [-0.3, -0.25) is 0 Å². The molecular formula is C20H30N2O4S. The average Bonchev–Trinajstić information content (AvgIpc) is 2.62. The van der Waals surface area contributed by atoms with Gasteiger partial charge in [-0.1, -0.05) is 32.6 Å². The van der Waals surface area contributed by atoms with Crippen molar-refractivity contribution in [2.45, 2.75) is 44.7 Å². The minimum absolute atomic E-state index is 0.0558. The molecule has 1 aliphatic heterocycles. The van der Waals surface area contributed by atoms with Crippen LogP contribution in [-0.2, 0) is 10.0 Å². The molecule has 0 fully saturated rings. The average molecular weight is 395 g/mol. The van der Waals surface area contributed by atoms with Crippen molar-refractivity contribution in [3.63, 3.8) is 0 Å². The van der Waals surface area contributed by atoms with Gasteiger partial charge in [0.25, 0.3) is 0 Å². The summed E-state index contributed by atoms with van der Waals surface area (Å²) in [4.78, 5) is 0.117. The minimum Gasteiger partial charge on any atom is -0.487 e. The molecule has 2 rings (SSSR count). The summed E-state index contributed by atoms with van der Waals surface area (Å²) in [5, 5.41) is 12.7. The molecule has 2 N–H and O–H groups in total. The van der Waals surface area contributed by atoms with Gasteiger partial charge in [0.1, 0.15) is 16.7 Å². The Balaban J connectivity index is 2.60. The third-order valence-electron chi connectivity index (χ3n) is 4.58. The van der Waals surface area contributed by atoms with Gasteiger partial charge < -0.3 is 15.2 Å². The van der Waals surface area contributed by atoms with Crippen molar-refractivity contribution in [3.05, 3.63) is 23.8 Å². The smallest absolute Gasteiger partial charge is 0.247 e. The van der Waals surface area contributed by atoms with Crippen LogP contribution in [0.25, 0.3) is 0 Å². The molecule has 0 bridgehead atoms. The van der Waals surface area contributed by atoms with E-state index in [9.17, 15) is 13.5 Å². The van der Waals surface area contributed by atoms with Crippen molar-refractivity contribution in [1.29, 1.82) is 0 Å². The molecule has 1 heterocycles. The second-order valence-electron chi connectivity index (χ2n) is 7.38. The Labute approximate surface area is 163 Å². The number of nitrogens with zero attached hydrogens (tertiary/aromatic N) is 1. The second kappa shape index (κ2) is 9.07. The standard InChI is InChI=1S/C20H30N2O4S/c1-14(2)6-7-17-8-9-20-18(10-17)26-19(11-21-5)15(3)12-22(16(4)13-23)27(20,24)25/h8-10,14-16,19,21,23H,11-13H2,1-5H3/t15-,16+,19-/m1/s1. The van der Waals surface area contributed by atoms with Crippen molar-refractivity contribution in [2.24, 2.45) is 11.8 Å². The highest BCUT2D eigenvalue weighted by Gasteiger charge is 2.37. The van der Waals surface area contributed by atoms with Gasteiger partial charge in [-0.25, -0.2) is 8.42 Å². The van der Waals surface area contributed by atoms with Crippen molar-refractivity contribution >= 4 is 10.0 Å². The fraction of sp³-hybridized carbons (Fsp3) is 0.600. The van der Waals surface area contributed by atoms with Gasteiger partial charge in [0.15, 0.2) is 0 Å². The summed E-state index contributed by atoms with van der Waals surface area (Å²) in [6.07, 6.45) is -0.203. The van der Waals surface area contributed by atoms with Crippen LogP contribution in [0.2, 0.25) is 0 Å². The molecule has 0 saturated carbocycles. The zero-order valence-electron chi connectivity index (χ0n) is 16.7. The largest absolute Gasteiger partial charge is 0.487 e. The van der Waals surface area contributed by atoms with Crippen molar-refractivity contribution < 1.29 is 18.3 Å². The second-order valence-corrected chi connectivity index (χ2v) is 9.24. The van der Waals surface area contributed by atoms with E-state index in [1.165, 1.54) is 4.31 Å². The molecule has 7 heteroatoms. The first-order valence-corrected chi connectivity index (χ1v) is 10.7. The van der Waals surface area contributed by atoms with Crippen molar-refractivity contribution in [3.8, 4) is 17.6 Å². The molecule has 6 nitrogen and oxygen atoms in total. The van der Waals surface area contributed by atoms with Crippen LogP contribution >= 0.6 is 0 Å². The fourth-order valence-corrected chi connectivity index (χ4v) is 4.80. The highest BCUT2D eigenvalue weighted by Crippen LogP contribution is 2.33. The van der Waals surface area contributed by atoms with Crippen LogP contribution in [0.15, 0.2) is 23.1 Å². The number of rotatable bonds is 4. The van der Waals surface area contributed by atoms with E-state index in [1.807, 2.05) is 27.8 Å². The number of likely N-dealkylation sites (N-methyl/N-ethyl adjacent to an activating group) is 1. The first kappa shape index (κ1) is 21.7. The number of hydrogen-bond donors (Lipinski definition) is 2. The van der Waals surface area contributed by atoms with Crippen molar-refractivity contribution in [1.82, 2.24) is 9.62 Å². The molecule has 0 unspecified atom stereocenters. The molecule has 0 amide bonds. The molecule has 1 aliphatic rings. The van der Waals surface area contributed by atoms with Crippen LogP contribution in [0.5, 0.6) is 5.75 Å². The summed E-state index contributed by atoms with van der Waals surface area (Å²) in [5.74, 6) is 6.63. The number of sulfonamides is 1. The Hall–Kier alpha value is -1.59. The Morgan fingerprint density at radius 3 is 2.67 bits per heavy atom. The number of hydrogen-bond acceptors (Lipinski definition) is 5. The highest BCUT2D eigenvalue weighted by atomic mass is 32.2. The number of aliphatic hydroxyl groups excluding tert-OH is 1. The van der Waals surface area contributed by atoms with Gasteiger partial charge in [-0.05, 0) is 32.2 Å². The molecule has 0 spiro atoms. The van der Waals surface area contributed by atoms with E-state index in [1.54, 1.807) is 25.1 Å². The van der Waals surface area contributed by atoms with Gasteiger partial charge in [0, 0.05) is 36.5 Å². The molecule has 1 aromatic rings. The van der Waals surface area contributed by atoms with Crippen LogP contribution in [0.3, 0.4) is 0 Å². The number of benzene rings is 1. The lowest BCUT2D eigenvalue weighted by molar-refractivity contribution is 0.103. The Morgan fingerprint density at radius 2 is 2.07 bits per heavy atom. The van der Waals surface area contributed by atoms with Crippen LogP contribution in [0, 0.1) is 23.7 Å². The summed E-state index contributed by atoms with van der Waals surface area (Å²) in [6.45, 7) is 8.30. The lowest BCUT2D eigenvalue weighted by Crippen LogP contribution is -2.49. The maximum atomic E-state index is 13.2. The van der Waals surface area contributed by atoms with Gasteiger partial charge in [0.2, 0.25) is 10.0 Å². The maximum Gasteiger partial charge on any atom is 0.247 e. The van der Waals surface area contributed by atoms with Crippen LogP contribution in [-0.4, -0.2) is 56.7 Å². The van der Waals surface area contributed by atoms with Crippen molar-refractivity contribution in [2.75, 3.05) is 26.7 Å². The van der Waals surface area contributed by atoms with E-state index in [0.717, 1.165) is 5.56 Å². The monoisotopic (exact) mass is 394 g/mol. The van der Waals surface area contributed by atoms with E-state index >= 15 is 0 Å². The molecule has 0 saturated heterocycles. The minimum atomic E-state index is -3.79. The summed E-state index contributed by atoms with van der Waals surface area (Å²) in [5.41, 5.74) is 0.718. The number of fused-ring (bicyclic) bond motifs is 1. The molecule has 1 aromatic carbocycles. The topological polar surface area (TPSA) is 78.9 Å². The molecule has 0 radical (unpaired) electrons. The van der Waals surface area contributed by atoms with E-state index < -0.39 is 16.1 Å². The van der Waals surface area contributed by atoms with E-state index in [2.05, 4.69) is 17.2 Å². The van der Waals surface area contributed by atoms with Crippen LogP contribution in [0.4, 0.5) is 0 Å². The Bertz CT molecular complexity index is 811.